The molecule has 0 bridgehead atoms. The lowest BCUT2D eigenvalue weighted by atomic mass is 9.92. The van der Waals surface area contributed by atoms with Gasteiger partial charge in [-0.3, -0.25) is 24.8 Å². The molecule has 3 amide bonds. The summed E-state index contributed by atoms with van der Waals surface area (Å²) in [5.41, 5.74) is 0.741. The Morgan fingerprint density at radius 2 is 2.03 bits per heavy atom. The molecule has 4 rings (SSSR count). The van der Waals surface area contributed by atoms with E-state index in [1.54, 1.807) is 37.4 Å². The van der Waals surface area contributed by atoms with Gasteiger partial charge in [0.05, 0.1) is 11.4 Å². The summed E-state index contributed by atoms with van der Waals surface area (Å²) >= 11 is 0. The number of aromatic nitrogens is 2. The molecule has 2 aliphatic rings. The number of ketones is 1. The molecule has 8 heteroatoms. The summed E-state index contributed by atoms with van der Waals surface area (Å²) < 4.78 is 5.92. The molecule has 1 aliphatic heterocycles. The number of carbonyl (C=O) groups excluding carboxylic acids is 3. The molecule has 0 aromatic carbocycles. The van der Waals surface area contributed by atoms with Crippen molar-refractivity contribution in [3.63, 3.8) is 0 Å². The zero-order valence-electron chi connectivity index (χ0n) is 18.0. The molecule has 1 aliphatic carbocycles. The number of nitrogens with zero attached hydrogens (tertiary/aromatic N) is 3. The Balaban J connectivity index is 1.40. The van der Waals surface area contributed by atoms with E-state index in [0.717, 1.165) is 12.8 Å². The van der Waals surface area contributed by atoms with E-state index in [1.807, 2.05) is 13.8 Å². The highest BCUT2D eigenvalue weighted by Crippen LogP contribution is 2.32. The van der Waals surface area contributed by atoms with Crippen LogP contribution >= 0.6 is 0 Å². The Kier molecular flexibility index (Phi) is 5.47. The molecule has 3 heterocycles. The number of likely N-dealkylation sites (tertiary alicyclic amines) is 1. The van der Waals surface area contributed by atoms with Crippen molar-refractivity contribution >= 4 is 23.5 Å². The molecule has 0 unspecified atom stereocenters. The molecule has 8 nitrogen and oxygen atoms in total. The van der Waals surface area contributed by atoms with Crippen molar-refractivity contribution in [2.75, 3.05) is 11.9 Å². The quantitative estimate of drug-likeness (QED) is 0.758. The van der Waals surface area contributed by atoms with Crippen molar-refractivity contribution in [1.82, 2.24) is 14.9 Å². The van der Waals surface area contributed by atoms with E-state index >= 15 is 0 Å². The van der Waals surface area contributed by atoms with Crippen molar-refractivity contribution in [2.45, 2.75) is 46.5 Å². The summed E-state index contributed by atoms with van der Waals surface area (Å²) in [5, 5.41) is 2.68. The lowest BCUT2D eigenvalue weighted by molar-refractivity contribution is -0.131. The average molecular weight is 422 g/mol. The summed E-state index contributed by atoms with van der Waals surface area (Å²) in [5.74, 6) is 1.68. The van der Waals surface area contributed by atoms with Gasteiger partial charge in [0.1, 0.15) is 23.1 Å². The molecular formula is C23H26N4O4. The maximum Gasteiger partial charge on any atom is 0.329 e. The van der Waals surface area contributed by atoms with Crippen LogP contribution in [-0.4, -0.2) is 39.1 Å². The first-order valence-corrected chi connectivity index (χ1v) is 10.5. The van der Waals surface area contributed by atoms with Crippen LogP contribution in [0.5, 0.6) is 11.5 Å². The van der Waals surface area contributed by atoms with E-state index in [2.05, 4.69) is 15.3 Å². The Bertz CT molecular complexity index is 1050. The molecular weight excluding hydrogens is 396 g/mol. The van der Waals surface area contributed by atoms with Crippen molar-refractivity contribution < 1.29 is 19.1 Å². The minimum absolute atomic E-state index is 0.185. The number of imide groups is 1. The number of urea groups is 1. The maximum atomic E-state index is 12.5. The molecule has 0 spiro atoms. The Labute approximate surface area is 181 Å². The van der Waals surface area contributed by atoms with Gasteiger partial charge in [-0.25, -0.2) is 9.78 Å². The van der Waals surface area contributed by atoms with E-state index in [-0.39, 0.29) is 17.6 Å². The highest BCUT2D eigenvalue weighted by atomic mass is 16.5. The van der Waals surface area contributed by atoms with Gasteiger partial charge in [-0.2, -0.15) is 0 Å². The molecule has 2 aromatic heterocycles. The SMILES string of the molecule is Cc1nc(NC(=O)N2CCC(C)(C)C2=O)ccc1Oc1ccnc(CC(=O)C2CC2)c1. The Morgan fingerprint density at radius 3 is 2.68 bits per heavy atom. The lowest BCUT2D eigenvalue weighted by Gasteiger charge is -2.18. The fourth-order valence-electron chi connectivity index (χ4n) is 3.53. The number of carbonyl (C=O) groups is 3. The van der Waals surface area contributed by atoms with Gasteiger partial charge in [-0.05, 0) is 44.4 Å². The van der Waals surface area contributed by atoms with Crippen LogP contribution < -0.4 is 10.1 Å². The van der Waals surface area contributed by atoms with Crippen LogP contribution in [0.2, 0.25) is 0 Å². The molecule has 162 valence electrons. The third-order valence-corrected chi connectivity index (χ3v) is 5.71. The van der Waals surface area contributed by atoms with Crippen LogP contribution in [0.25, 0.3) is 0 Å². The van der Waals surface area contributed by atoms with E-state index in [1.165, 1.54) is 4.90 Å². The zero-order valence-corrected chi connectivity index (χ0v) is 18.0. The van der Waals surface area contributed by atoms with Crippen LogP contribution in [0, 0.1) is 18.3 Å². The van der Waals surface area contributed by atoms with Gasteiger partial charge in [0, 0.05) is 36.6 Å². The number of hydrogen-bond acceptors (Lipinski definition) is 6. The van der Waals surface area contributed by atoms with Crippen molar-refractivity contribution in [1.29, 1.82) is 0 Å². The standard InChI is InChI=1S/C23H26N4O4/c1-14-19(31-17-8-10-24-16(12-17)13-18(28)15-4-5-15)6-7-20(25-14)26-22(30)27-11-9-23(2,3)21(27)29/h6-8,10,12,15H,4-5,9,11,13H2,1-3H3,(H,25,26,30). The molecule has 0 atom stereocenters. The highest BCUT2D eigenvalue weighted by Gasteiger charge is 2.41. The second-order valence-electron chi connectivity index (χ2n) is 8.80. The van der Waals surface area contributed by atoms with Crippen LogP contribution in [0.15, 0.2) is 30.5 Å². The number of hydrogen-bond donors (Lipinski definition) is 1. The second kappa shape index (κ2) is 8.09. The van der Waals surface area contributed by atoms with Crippen LogP contribution in [0.3, 0.4) is 0 Å². The number of pyridine rings is 2. The molecule has 31 heavy (non-hydrogen) atoms. The first-order chi connectivity index (χ1) is 14.7. The molecule has 2 aromatic rings. The maximum absolute atomic E-state index is 12.5. The highest BCUT2D eigenvalue weighted by molar-refractivity contribution is 6.03. The fourth-order valence-corrected chi connectivity index (χ4v) is 3.53. The van der Waals surface area contributed by atoms with Gasteiger partial charge in [0.2, 0.25) is 5.91 Å². The van der Waals surface area contributed by atoms with E-state index in [4.69, 9.17) is 4.74 Å². The number of ether oxygens (including phenoxy) is 1. The van der Waals surface area contributed by atoms with Gasteiger partial charge in [0.15, 0.2) is 0 Å². The summed E-state index contributed by atoms with van der Waals surface area (Å²) in [7, 11) is 0. The van der Waals surface area contributed by atoms with Gasteiger partial charge in [-0.1, -0.05) is 13.8 Å². The number of amides is 3. The van der Waals surface area contributed by atoms with E-state index in [9.17, 15) is 14.4 Å². The number of nitrogens with one attached hydrogen (secondary N) is 1. The van der Waals surface area contributed by atoms with Gasteiger partial charge in [-0.15, -0.1) is 0 Å². The first-order valence-electron chi connectivity index (χ1n) is 10.5. The number of Topliss-reactive ketones (excluding diaryl/α,β-unsaturated/α-hetero) is 1. The largest absolute Gasteiger partial charge is 0.455 e. The van der Waals surface area contributed by atoms with Crippen molar-refractivity contribution in [3.8, 4) is 11.5 Å². The third kappa shape index (κ3) is 4.73. The van der Waals surface area contributed by atoms with Crippen molar-refractivity contribution in [3.05, 3.63) is 41.9 Å². The van der Waals surface area contributed by atoms with Crippen LogP contribution in [-0.2, 0) is 16.0 Å². The first kappa shape index (κ1) is 21.0. The van der Waals surface area contributed by atoms with Gasteiger partial charge in [0.25, 0.3) is 0 Å². The van der Waals surface area contributed by atoms with E-state index < -0.39 is 11.4 Å². The summed E-state index contributed by atoms with van der Waals surface area (Å²) in [6.07, 6.45) is 4.53. The van der Waals surface area contributed by atoms with E-state index in [0.29, 0.717) is 48.1 Å². The average Bonchev–Trinajstić information content (AvgIpc) is 3.52. The Morgan fingerprint density at radius 1 is 1.26 bits per heavy atom. The second-order valence-corrected chi connectivity index (χ2v) is 8.80. The number of rotatable bonds is 6. The number of aryl methyl sites for hydroxylation is 1. The van der Waals surface area contributed by atoms with Gasteiger partial charge < -0.3 is 4.74 Å². The van der Waals surface area contributed by atoms with Gasteiger partial charge >= 0.3 is 6.03 Å². The molecule has 0 radical (unpaired) electrons. The van der Waals surface area contributed by atoms with Crippen molar-refractivity contribution in [2.24, 2.45) is 11.3 Å². The van der Waals surface area contributed by atoms with Crippen LogP contribution in [0.4, 0.5) is 10.6 Å². The number of anilines is 1. The lowest BCUT2D eigenvalue weighted by Crippen LogP contribution is -2.39. The minimum atomic E-state index is -0.523. The summed E-state index contributed by atoms with van der Waals surface area (Å²) in [6.45, 7) is 5.84. The molecule has 2 fully saturated rings. The predicted molar refractivity (Wildman–Crippen MR) is 114 cm³/mol. The topological polar surface area (TPSA) is 101 Å². The smallest absolute Gasteiger partial charge is 0.329 e. The molecule has 1 saturated carbocycles. The summed E-state index contributed by atoms with van der Waals surface area (Å²) in [6, 6.07) is 6.35. The fraction of sp³-hybridized carbons (Fsp3) is 0.435. The summed E-state index contributed by atoms with van der Waals surface area (Å²) in [4.78, 5) is 46.7. The normalized spacial score (nSPS) is 17.5. The van der Waals surface area contributed by atoms with Crippen LogP contribution in [0.1, 0.15) is 44.5 Å². The third-order valence-electron chi connectivity index (χ3n) is 5.71. The molecule has 1 N–H and O–H groups in total. The monoisotopic (exact) mass is 422 g/mol. The predicted octanol–water partition coefficient (Wildman–Crippen LogP) is 3.89. The molecule has 1 saturated heterocycles. The Hall–Kier alpha value is -3.29. The minimum Gasteiger partial charge on any atom is -0.455 e. The zero-order chi connectivity index (χ0) is 22.2.